The van der Waals surface area contributed by atoms with E-state index in [1.807, 2.05) is 67.2 Å². The van der Waals surface area contributed by atoms with E-state index in [-0.39, 0.29) is 5.91 Å². The lowest BCUT2D eigenvalue weighted by atomic mass is 10.1. The molecule has 1 N–H and O–H groups in total. The normalized spacial score (nSPS) is 10.8. The molecule has 0 bridgehead atoms. The Morgan fingerprint density at radius 1 is 1.19 bits per heavy atom. The lowest BCUT2D eigenvalue weighted by Gasteiger charge is -2.04. The number of nitrogens with one attached hydrogen (secondary N) is 1. The van der Waals surface area contributed by atoms with Gasteiger partial charge in [0.15, 0.2) is 0 Å². The van der Waals surface area contributed by atoms with Crippen LogP contribution in [0.4, 0.5) is 0 Å². The summed E-state index contributed by atoms with van der Waals surface area (Å²) in [6.07, 6.45) is 0. The molecule has 0 aliphatic rings. The van der Waals surface area contributed by atoms with Gasteiger partial charge in [0.1, 0.15) is 0 Å². The Bertz CT molecular complexity index is 805. The largest absolute Gasteiger partial charge is 0.346 e. The van der Waals surface area contributed by atoms with Crippen LogP contribution >= 0.6 is 0 Å². The van der Waals surface area contributed by atoms with Crippen molar-refractivity contribution < 1.29 is 4.79 Å². The molecule has 0 saturated heterocycles. The smallest absolute Gasteiger partial charge is 0.251 e. The third kappa shape index (κ3) is 2.65. The molecule has 4 heteroatoms. The molecule has 21 heavy (non-hydrogen) atoms. The van der Waals surface area contributed by atoms with Crippen LogP contribution in [0.1, 0.15) is 21.6 Å². The molecule has 0 saturated carbocycles. The standard InChI is InChI=1S/C17H17N3O/c1-12-6-5-7-13(10-12)17(21)18-11-15-14-8-3-4-9-16(14)20(2)19-15/h3-10H,11H2,1-2H3,(H,18,21). The Morgan fingerprint density at radius 3 is 2.81 bits per heavy atom. The van der Waals surface area contributed by atoms with E-state index in [1.165, 1.54) is 0 Å². The molecule has 4 nitrogen and oxygen atoms in total. The van der Waals surface area contributed by atoms with E-state index in [1.54, 1.807) is 0 Å². The number of nitrogens with zero attached hydrogens (tertiary/aromatic N) is 2. The van der Waals surface area contributed by atoms with Gasteiger partial charge in [0.2, 0.25) is 0 Å². The topological polar surface area (TPSA) is 46.9 Å². The van der Waals surface area contributed by atoms with Crippen molar-refractivity contribution in [3.8, 4) is 0 Å². The molecular weight excluding hydrogens is 262 g/mol. The molecule has 3 aromatic rings. The van der Waals surface area contributed by atoms with Crippen molar-refractivity contribution in [2.45, 2.75) is 13.5 Å². The highest BCUT2D eigenvalue weighted by molar-refractivity contribution is 5.94. The highest BCUT2D eigenvalue weighted by atomic mass is 16.1. The van der Waals surface area contributed by atoms with Crippen LogP contribution < -0.4 is 5.32 Å². The zero-order valence-corrected chi connectivity index (χ0v) is 12.1. The number of benzene rings is 2. The number of hydrogen-bond donors (Lipinski definition) is 1. The molecule has 0 radical (unpaired) electrons. The van der Waals surface area contributed by atoms with Gasteiger partial charge in [0, 0.05) is 18.0 Å². The summed E-state index contributed by atoms with van der Waals surface area (Å²) in [5.74, 6) is -0.0755. The van der Waals surface area contributed by atoms with E-state index >= 15 is 0 Å². The van der Waals surface area contributed by atoms with Gasteiger partial charge >= 0.3 is 0 Å². The number of fused-ring (bicyclic) bond motifs is 1. The van der Waals surface area contributed by atoms with E-state index in [9.17, 15) is 4.79 Å². The van der Waals surface area contributed by atoms with Gasteiger partial charge in [-0.15, -0.1) is 0 Å². The highest BCUT2D eigenvalue weighted by Crippen LogP contribution is 2.17. The Hall–Kier alpha value is -2.62. The van der Waals surface area contributed by atoms with Crippen LogP contribution in [-0.4, -0.2) is 15.7 Å². The summed E-state index contributed by atoms with van der Waals surface area (Å²) in [4.78, 5) is 12.2. The van der Waals surface area contributed by atoms with E-state index in [0.717, 1.165) is 22.2 Å². The first-order valence-corrected chi connectivity index (χ1v) is 6.90. The van der Waals surface area contributed by atoms with Crippen molar-refractivity contribution in [2.24, 2.45) is 7.05 Å². The zero-order valence-electron chi connectivity index (χ0n) is 12.1. The first kappa shape index (κ1) is 13.4. The average Bonchev–Trinajstić information content (AvgIpc) is 2.82. The monoisotopic (exact) mass is 279 g/mol. The van der Waals surface area contributed by atoms with Crippen molar-refractivity contribution in [3.63, 3.8) is 0 Å². The molecule has 0 aliphatic heterocycles. The molecule has 0 spiro atoms. The fourth-order valence-corrected chi connectivity index (χ4v) is 2.47. The van der Waals surface area contributed by atoms with Crippen LogP contribution in [0.25, 0.3) is 10.9 Å². The quantitative estimate of drug-likeness (QED) is 0.801. The number of carbonyl (C=O) groups excluding carboxylic acids is 1. The maximum absolute atomic E-state index is 12.2. The summed E-state index contributed by atoms with van der Waals surface area (Å²) in [6, 6.07) is 15.6. The summed E-state index contributed by atoms with van der Waals surface area (Å²) >= 11 is 0. The highest BCUT2D eigenvalue weighted by Gasteiger charge is 2.10. The third-order valence-corrected chi connectivity index (χ3v) is 3.53. The van der Waals surface area contributed by atoms with Crippen LogP contribution in [0.3, 0.4) is 0 Å². The van der Waals surface area contributed by atoms with Crippen molar-refractivity contribution >= 4 is 16.8 Å². The van der Waals surface area contributed by atoms with E-state index in [2.05, 4.69) is 10.4 Å². The molecular formula is C17H17N3O. The number of aromatic nitrogens is 2. The first-order valence-electron chi connectivity index (χ1n) is 6.90. The van der Waals surface area contributed by atoms with Gasteiger partial charge in [-0.2, -0.15) is 5.10 Å². The van der Waals surface area contributed by atoms with Crippen molar-refractivity contribution in [1.29, 1.82) is 0 Å². The van der Waals surface area contributed by atoms with Crippen LogP contribution in [0.5, 0.6) is 0 Å². The summed E-state index contributed by atoms with van der Waals surface area (Å²) in [5, 5.41) is 8.48. The van der Waals surface area contributed by atoms with Gasteiger partial charge in [0.05, 0.1) is 17.8 Å². The molecule has 0 atom stereocenters. The number of hydrogen-bond acceptors (Lipinski definition) is 2. The first-order chi connectivity index (χ1) is 10.1. The molecule has 106 valence electrons. The fraction of sp³-hybridized carbons (Fsp3) is 0.176. The Morgan fingerprint density at radius 2 is 2.00 bits per heavy atom. The van der Waals surface area contributed by atoms with E-state index in [4.69, 9.17) is 0 Å². The van der Waals surface area contributed by atoms with Crippen LogP contribution in [0, 0.1) is 6.92 Å². The number of rotatable bonds is 3. The van der Waals surface area contributed by atoms with Gasteiger partial charge < -0.3 is 5.32 Å². The molecule has 1 heterocycles. The SMILES string of the molecule is Cc1cccc(C(=O)NCc2nn(C)c3ccccc23)c1. The second-order valence-corrected chi connectivity index (χ2v) is 5.14. The molecule has 0 fully saturated rings. The molecule has 0 aliphatic carbocycles. The number of para-hydroxylation sites is 1. The van der Waals surface area contributed by atoms with E-state index < -0.39 is 0 Å². The van der Waals surface area contributed by atoms with Gasteiger partial charge in [0.25, 0.3) is 5.91 Å². The molecule has 2 aromatic carbocycles. The summed E-state index contributed by atoms with van der Waals surface area (Å²) < 4.78 is 1.84. The summed E-state index contributed by atoms with van der Waals surface area (Å²) in [5.41, 5.74) is 3.70. The van der Waals surface area contributed by atoms with Crippen molar-refractivity contribution in [2.75, 3.05) is 0 Å². The Balaban J connectivity index is 1.79. The summed E-state index contributed by atoms with van der Waals surface area (Å²) in [6.45, 7) is 2.40. The molecule has 3 rings (SSSR count). The third-order valence-electron chi connectivity index (χ3n) is 3.53. The van der Waals surface area contributed by atoms with Crippen LogP contribution in [0.2, 0.25) is 0 Å². The Labute approximate surface area is 123 Å². The minimum absolute atomic E-state index is 0.0755. The molecule has 1 aromatic heterocycles. The fourth-order valence-electron chi connectivity index (χ4n) is 2.47. The van der Waals surface area contributed by atoms with Gasteiger partial charge in [-0.05, 0) is 25.1 Å². The maximum atomic E-state index is 12.2. The van der Waals surface area contributed by atoms with Gasteiger partial charge in [-0.25, -0.2) is 0 Å². The van der Waals surface area contributed by atoms with Gasteiger partial charge in [-0.1, -0.05) is 35.9 Å². The zero-order chi connectivity index (χ0) is 14.8. The lowest BCUT2D eigenvalue weighted by molar-refractivity contribution is 0.0950. The summed E-state index contributed by atoms with van der Waals surface area (Å²) in [7, 11) is 1.91. The average molecular weight is 279 g/mol. The molecule has 1 amide bonds. The van der Waals surface area contributed by atoms with Crippen molar-refractivity contribution in [1.82, 2.24) is 15.1 Å². The van der Waals surface area contributed by atoms with Gasteiger partial charge in [-0.3, -0.25) is 9.48 Å². The predicted molar refractivity (Wildman–Crippen MR) is 83.1 cm³/mol. The second kappa shape index (κ2) is 5.40. The van der Waals surface area contributed by atoms with Crippen LogP contribution in [-0.2, 0) is 13.6 Å². The molecule has 0 unspecified atom stereocenters. The second-order valence-electron chi connectivity index (χ2n) is 5.14. The lowest BCUT2D eigenvalue weighted by Crippen LogP contribution is -2.23. The minimum Gasteiger partial charge on any atom is -0.346 e. The maximum Gasteiger partial charge on any atom is 0.251 e. The number of aryl methyl sites for hydroxylation is 2. The van der Waals surface area contributed by atoms with Crippen LogP contribution in [0.15, 0.2) is 48.5 Å². The van der Waals surface area contributed by atoms with Crippen molar-refractivity contribution in [3.05, 3.63) is 65.4 Å². The number of amides is 1. The Kier molecular flexibility index (Phi) is 3.44. The number of carbonyl (C=O) groups is 1. The van der Waals surface area contributed by atoms with E-state index in [0.29, 0.717) is 12.1 Å². The predicted octanol–water partition coefficient (Wildman–Crippen LogP) is 2.81. The minimum atomic E-state index is -0.0755.